The van der Waals surface area contributed by atoms with Crippen molar-refractivity contribution in [2.45, 2.75) is 18.9 Å². The van der Waals surface area contributed by atoms with E-state index in [4.69, 9.17) is 4.74 Å². The van der Waals surface area contributed by atoms with Crippen LogP contribution in [-0.4, -0.2) is 74.1 Å². The number of rotatable bonds is 4. The quantitative estimate of drug-likeness (QED) is 0.819. The van der Waals surface area contributed by atoms with E-state index in [0.29, 0.717) is 31.9 Å². The fourth-order valence-corrected chi connectivity index (χ4v) is 3.23. The van der Waals surface area contributed by atoms with Gasteiger partial charge >= 0.3 is 0 Å². The lowest BCUT2D eigenvalue weighted by molar-refractivity contribution is 0.0664. The maximum atomic E-state index is 12.7. The summed E-state index contributed by atoms with van der Waals surface area (Å²) in [5, 5.41) is 5.85. The molecule has 8 heteroatoms. The standard InChI is InChI=1S/C18H24N4O4/c1-21-6-8-22(9-7-21)18(24)13-2-3-16(20-25)15(12-13)17(23)19-14-4-10-26-11-5-14/h2-3,12,14H,4-11H2,1H3,(H,19,23). The zero-order valence-electron chi connectivity index (χ0n) is 14.9. The summed E-state index contributed by atoms with van der Waals surface area (Å²) in [5.41, 5.74) is 0.593. The van der Waals surface area contributed by atoms with Crippen LogP contribution in [0.4, 0.5) is 5.69 Å². The Labute approximate surface area is 152 Å². The molecule has 26 heavy (non-hydrogen) atoms. The van der Waals surface area contributed by atoms with Crippen LogP contribution in [0.5, 0.6) is 0 Å². The lowest BCUT2D eigenvalue weighted by atomic mass is 10.0. The summed E-state index contributed by atoms with van der Waals surface area (Å²) in [6, 6.07) is 4.48. The average molecular weight is 360 g/mol. The Morgan fingerprint density at radius 3 is 2.50 bits per heavy atom. The molecule has 1 aromatic carbocycles. The van der Waals surface area contributed by atoms with Crippen molar-refractivity contribution in [3.63, 3.8) is 0 Å². The van der Waals surface area contributed by atoms with Gasteiger partial charge in [-0.1, -0.05) is 0 Å². The largest absolute Gasteiger partial charge is 0.381 e. The second-order valence-corrected chi connectivity index (χ2v) is 6.78. The number of carbonyl (C=O) groups is 2. The highest BCUT2D eigenvalue weighted by molar-refractivity contribution is 6.03. The van der Waals surface area contributed by atoms with Gasteiger partial charge in [-0.2, -0.15) is 0 Å². The Balaban J connectivity index is 1.76. The molecule has 2 heterocycles. The van der Waals surface area contributed by atoms with Gasteiger partial charge in [0, 0.05) is 51.0 Å². The van der Waals surface area contributed by atoms with Gasteiger partial charge in [-0.3, -0.25) is 9.59 Å². The van der Waals surface area contributed by atoms with Crippen molar-refractivity contribution in [3.05, 3.63) is 34.2 Å². The van der Waals surface area contributed by atoms with Gasteiger partial charge in [-0.25, -0.2) is 0 Å². The summed E-state index contributed by atoms with van der Waals surface area (Å²) >= 11 is 0. The molecule has 0 bridgehead atoms. The first-order chi connectivity index (χ1) is 12.6. The van der Waals surface area contributed by atoms with E-state index in [2.05, 4.69) is 15.4 Å². The Morgan fingerprint density at radius 2 is 1.85 bits per heavy atom. The van der Waals surface area contributed by atoms with Gasteiger partial charge in [-0.15, -0.1) is 4.91 Å². The number of piperazine rings is 1. The molecule has 0 unspecified atom stereocenters. The molecule has 0 atom stereocenters. The summed E-state index contributed by atoms with van der Waals surface area (Å²) in [4.78, 5) is 40.3. The number of amides is 2. The number of carbonyl (C=O) groups excluding carboxylic acids is 2. The molecule has 0 aliphatic carbocycles. The molecule has 1 N–H and O–H groups in total. The Morgan fingerprint density at radius 1 is 1.15 bits per heavy atom. The first-order valence-electron chi connectivity index (χ1n) is 8.92. The highest BCUT2D eigenvalue weighted by Crippen LogP contribution is 2.22. The maximum Gasteiger partial charge on any atom is 0.253 e. The van der Waals surface area contributed by atoms with Crippen molar-refractivity contribution in [1.82, 2.24) is 15.1 Å². The maximum absolute atomic E-state index is 12.7. The van der Waals surface area contributed by atoms with Crippen LogP contribution in [0.3, 0.4) is 0 Å². The fourth-order valence-electron chi connectivity index (χ4n) is 3.23. The van der Waals surface area contributed by atoms with Crippen molar-refractivity contribution < 1.29 is 14.3 Å². The van der Waals surface area contributed by atoms with E-state index in [1.807, 2.05) is 7.05 Å². The van der Waals surface area contributed by atoms with Gasteiger partial charge in [0.25, 0.3) is 11.8 Å². The molecule has 0 saturated carbocycles. The number of nitroso groups, excluding NO2 is 1. The summed E-state index contributed by atoms with van der Waals surface area (Å²) in [7, 11) is 2.02. The highest BCUT2D eigenvalue weighted by atomic mass is 16.5. The van der Waals surface area contributed by atoms with Crippen LogP contribution in [0.1, 0.15) is 33.6 Å². The van der Waals surface area contributed by atoms with Gasteiger partial charge in [0.2, 0.25) is 0 Å². The third-order valence-corrected chi connectivity index (χ3v) is 4.93. The second-order valence-electron chi connectivity index (χ2n) is 6.78. The van der Waals surface area contributed by atoms with E-state index in [-0.39, 0.29) is 29.1 Å². The van der Waals surface area contributed by atoms with E-state index in [1.54, 1.807) is 11.0 Å². The molecular weight excluding hydrogens is 336 g/mol. The third kappa shape index (κ3) is 4.25. The summed E-state index contributed by atoms with van der Waals surface area (Å²) in [5.74, 6) is -0.504. The Bertz CT molecular complexity index is 680. The topological polar surface area (TPSA) is 91.3 Å². The second kappa shape index (κ2) is 8.37. The number of benzene rings is 1. The highest BCUT2D eigenvalue weighted by Gasteiger charge is 2.24. The zero-order valence-corrected chi connectivity index (χ0v) is 14.9. The molecule has 2 aliphatic heterocycles. The molecular formula is C18H24N4O4. The number of nitrogens with zero attached hydrogens (tertiary/aromatic N) is 3. The van der Waals surface area contributed by atoms with E-state index in [9.17, 15) is 14.5 Å². The number of likely N-dealkylation sites (N-methyl/N-ethyl adjacent to an activating group) is 1. The normalized spacial score (nSPS) is 19.2. The SMILES string of the molecule is CN1CCN(C(=O)c2ccc(N=O)c(C(=O)NC3CCOCC3)c2)CC1. The van der Waals surface area contributed by atoms with Crippen LogP contribution in [0.15, 0.2) is 23.4 Å². The third-order valence-electron chi connectivity index (χ3n) is 4.93. The molecule has 0 spiro atoms. The smallest absolute Gasteiger partial charge is 0.253 e. The van der Waals surface area contributed by atoms with E-state index in [0.717, 1.165) is 25.9 Å². The Kier molecular flexibility index (Phi) is 5.95. The van der Waals surface area contributed by atoms with Gasteiger partial charge in [-0.05, 0) is 43.3 Å². The molecule has 2 amide bonds. The van der Waals surface area contributed by atoms with Crippen molar-refractivity contribution in [2.24, 2.45) is 5.18 Å². The minimum absolute atomic E-state index is 0.00717. The number of hydrogen-bond acceptors (Lipinski definition) is 6. The van der Waals surface area contributed by atoms with E-state index < -0.39 is 0 Å². The predicted molar refractivity (Wildman–Crippen MR) is 96.6 cm³/mol. The first-order valence-corrected chi connectivity index (χ1v) is 8.92. The first kappa shape index (κ1) is 18.5. The van der Waals surface area contributed by atoms with Crippen LogP contribution < -0.4 is 5.32 Å². The number of ether oxygens (including phenoxy) is 1. The lowest BCUT2D eigenvalue weighted by Crippen LogP contribution is -2.47. The fraction of sp³-hybridized carbons (Fsp3) is 0.556. The minimum atomic E-state index is -0.375. The van der Waals surface area contributed by atoms with Crippen LogP contribution in [0.25, 0.3) is 0 Å². The molecule has 0 aromatic heterocycles. The van der Waals surface area contributed by atoms with Gasteiger partial charge < -0.3 is 19.9 Å². The van der Waals surface area contributed by atoms with Crippen molar-refractivity contribution in [3.8, 4) is 0 Å². The van der Waals surface area contributed by atoms with Gasteiger partial charge in [0.15, 0.2) is 0 Å². The van der Waals surface area contributed by atoms with Crippen molar-refractivity contribution in [1.29, 1.82) is 0 Å². The van der Waals surface area contributed by atoms with Gasteiger partial charge in [0.05, 0.1) is 5.56 Å². The summed E-state index contributed by atoms with van der Waals surface area (Å²) in [6.07, 6.45) is 1.46. The van der Waals surface area contributed by atoms with Crippen molar-refractivity contribution in [2.75, 3.05) is 46.4 Å². The molecule has 3 rings (SSSR count). The molecule has 2 saturated heterocycles. The van der Waals surface area contributed by atoms with E-state index >= 15 is 0 Å². The van der Waals surface area contributed by atoms with Crippen LogP contribution in [0, 0.1) is 4.91 Å². The predicted octanol–water partition coefficient (Wildman–Crippen LogP) is 1.38. The summed E-state index contributed by atoms with van der Waals surface area (Å²) in [6.45, 7) is 4.13. The van der Waals surface area contributed by atoms with Crippen LogP contribution in [0.2, 0.25) is 0 Å². The zero-order chi connectivity index (χ0) is 18.5. The van der Waals surface area contributed by atoms with Crippen LogP contribution >= 0.6 is 0 Å². The molecule has 2 fully saturated rings. The van der Waals surface area contributed by atoms with Crippen molar-refractivity contribution >= 4 is 17.5 Å². The Hall–Kier alpha value is -2.32. The minimum Gasteiger partial charge on any atom is -0.381 e. The molecule has 1 aromatic rings. The van der Waals surface area contributed by atoms with Crippen LogP contribution in [-0.2, 0) is 4.74 Å². The molecule has 2 aliphatic rings. The number of hydrogen-bond donors (Lipinski definition) is 1. The molecule has 8 nitrogen and oxygen atoms in total. The van der Waals surface area contributed by atoms with Gasteiger partial charge in [0.1, 0.15) is 5.69 Å². The average Bonchev–Trinajstić information content (AvgIpc) is 2.68. The molecule has 0 radical (unpaired) electrons. The lowest BCUT2D eigenvalue weighted by Gasteiger charge is -2.32. The van der Waals surface area contributed by atoms with E-state index in [1.165, 1.54) is 12.1 Å². The summed E-state index contributed by atoms with van der Waals surface area (Å²) < 4.78 is 5.28. The number of nitrogens with one attached hydrogen (secondary N) is 1. The molecule has 140 valence electrons. The monoisotopic (exact) mass is 360 g/mol.